The number of likely N-dealkylation sites (tertiary alicyclic amines) is 1. The third kappa shape index (κ3) is 4.99. The molecule has 2 saturated heterocycles. The lowest BCUT2D eigenvalue weighted by molar-refractivity contribution is 0.0753. The van der Waals surface area contributed by atoms with Gasteiger partial charge in [0.15, 0.2) is 15.8 Å². The minimum absolute atomic E-state index is 0. The SMILES string of the molecule is CN=C(NCC1(S(C)(=O)=O)CCOCC1)N1CCC(C)C(n2ccnc2)C1.I. The summed E-state index contributed by atoms with van der Waals surface area (Å²) in [6.07, 6.45) is 9.09. The first kappa shape index (κ1) is 23.4. The van der Waals surface area contributed by atoms with Crippen LogP contribution in [0.3, 0.4) is 0 Å². The number of imidazole rings is 1. The predicted octanol–water partition coefficient (Wildman–Crippen LogP) is 1.55. The molecular weight excluding hydrogens is 493 g/mol. The zero-order chi connectivity index (χ0) is 19.5. The van der Waals surface area contributed by atoms with Crippen molar-refractivity contribution in [1.29, 1.82) is 0 Å². The lowest BCUT2D eigenvalue weighted by Crippen LogP contribution is -2.56. The van der Waals surface area contributed by atoms with E-state index in [1.165, 1.54) is 6.26 Å². The van der Waals surface area contributed by atoms with Crippen molar-refractivity contribution in [3.05, 3.63) is 18.7 Å². The topological polar surface area (TPSA) is 88.8 Å². The normalized spacial score (nSPS) is 25.8. The van der Waals surface area contributed by atoms with Gasteiger partial charge in [-0.15, -0.1) is 24.0 Å². The smallest absolute Gasteiger partial charge is 0.193 e. The third-order valence-electron chi connectivity index (χ3n) is 6.10. The fraction of sp³-hybridized carbons (Fsp3) is 0.778. The van der Waals surface area contributed by atoms with E-state index in [4.69, 9.17) is 4.74 Å². The molecule has 28 heavy (non-hydrogen) atoms. The van der Waals surface area contributed by atoms with Gasteiger partial charge in [0.1, 0.15) is 0 Å². The largest absolute Gasteiger partial charge is 0.381 e. The molecule has 2 fully saturated rings. The standard InChI is InChI=1S/C18H31N5O3S.HI/c1-15-4-8-22(12-16(15)23-9-7-20-14-23)17(19-2)21-13-18(27(3,24)25)5-10-26-11-6-18;/h7,9,14-16H,4-6,8,10-13H2,1-3H3,(H,19,21);1H. The zero-order valence-corrected chi connectivity index (χ0v) is 20.0. The Balaban J connectivity index is 0.00000280. The van der Waals surface area contributed by atoms with Gasteiger partial charge in [-0.2, -0.15) is 0 Å². The van der Waals surface area contributed by atoms with Crippen LogP contribution in [-0.2, 0) is 14.6 Å². The molecule has 1 N–H and O–H groups in total. The average Bonchev–Trinajstić information content (AvgIpc) is 3.17. The van der Waals surface area contributed by atoms with Crippen LogP contribution >= 0.6 is 24.0 Å². The van der Waals surface area contributed by atoms with E-state index in [-0.39, 0.29) is 24.0 Å². The van der Waals surface area contributed by atoms with Crippen LogP contribution in [0, 0.1) is 5.92 Å². The van der Waals surface area contributed by atoms with E-state index >= 15 is 0 Å². The molecule has 160 valence electrons. The van der Waals surface area contributed by atoms with Crippen molar-refractivity contribution in [2.45, 2.75) is 37.0 Å². The Labute approximate surface area is 185 Å². The first-order chi connectivity index (χ1) is 12.9. The van der Waals surface area contributed by atoms with Crippen molar-refractivity contribution in [1.82, 2.24) is 19.8 Å². The second-order valence-corrected chi connectivity index (χ2v) is 10.2. The molecule has 3 heterocycles. The monoisotopic (exact) mass is 525 g/mol. The van der Waals surface area contributed by atoms with Crippen molar-refractivity contribution in [2.75, 3.05) is 46.2 Å². The molecule has 3 rings (SSSR count). The Morgan fingerprint density at radius 2 is 2.11 bits per heavy atom. The minimum atomic E-state index is -3.21. The van der Waals surface area contributed by atoms with Gasteiger partial charge < -0.3 is 19.5 Å². The maximum Gasteiger partial charge on any atom is 0.193 e. The molecule has 10 heteroatoms. The van der Waals surface area contributed by atoms with Crippen molar-refractivity contribution < 1.29 is 13.2 Å². The number of sulfone groups is 1. The highest BCUT2D eigenvalue weighted by molar-refractivity contribution is 14.0. The third-order valence-corrected chi connectivity index (χ3v) is 8.22. The molecule has 0 radical (unpaired) electrons. The first-order valence-electron chi connectivity index (χ1n) is 9.57. The van der Waals surface area contributed by atoms with Crippen LogP contribution < -0.4 is 5.32 Å². The Kier molecular flexibility index (Phi) is 8.15. The number of nitrogens with one attached hydrogen (secondary N) is 1. The Hall–Kier alpha value is -0.880. The number of nitrogens with zero attached hydrogens (tertiary/aromatic N) is 4. The molecule has 0 bridgehead atoms. The van der Waals surface area contributed by atoms with Gasteiger partial charge in [-0.25, -0.2) is 13.4 Å². The fourth-order valence-corrected chi connectivity index (χ4v) is 5.33. The van der Waals surface area contributed by atoms with Crippen LogP contribution in [0.4, 0.5) is 0 Å². The van der Waals surface area contributed by atoms with Gasteiger partial charge in [0.05, 0.1) is 17.1 Å². The number of aliphatic imine (C=N–C) groups is 1. The van der Waals surface area contributed by atoms with Crippen LogP contribution in [0.5, 0.6) is 0 Å². The summed E-state index contributed by atoms with van der Waals surface area (Å²) in [5.74, 6) is 1.31. The molecule has 0 saturated carbocycles. The molecule has 0 amide bonds. The van der Waals surface area contributed by atoms with Gasteiger partial charge in [0, 0.05) is 58.5 Å². The van der Waals surface area contributed by atoms with E-state index < -0.39 is 14.6 Å². The number of hydrogen-bond acceptors (Lipinski definition) is 5. The van der Waals surface area contributed by atoms with Crippen molar-refractivity contribution in [3.63, 3.8) is 0 Å². The number of ether oxygens (including phenoxy) is 1. The molecule has 0 spiro atoms. The van der Waals surface area contributed by atoms with E-state index in [2.05, 4.69) is 31.7 Å². The van der Waals surface area contributed by atoms with Crippen molar-refractivity contribution in [2.24, 2.45) is 10.9 Å². The van der Waals surface area contributed by atoms with Crippen LogP contribution in [0.2, 0.25) is 0 Å². The minimum Gasteiger partial charge on any atom is -0.381 e. The highest BCUT2D eigenvalue weighted by Gasteiger charge is 2.42. The molecule has 2 aliphatic heterocycles. The predicted molar refractivity (Wildman–Crippen MR) is 121 cm³/mol. The number of piperidine rings is 1. The number of guanidine groups is 1. The van der Waals surface area contributed by atoms with E-state index in [0.717, 1.165) is 25.5 Å². The van der Waals surface area contributed by atoms with Gasteiger partial charge in [0.25, 0.3) is 0 Å². The number of hydrogen-bond donors (Lipinski definition) is 1. The van der Waals surface area contributed by atoms with Gasteiger partial charge in [-0.1, -0.05) is 6.92 Å². The van der Waals surface area contributed by atoms with Gasteiger partial charge >= 0.3 is 0 Å². The summed E-state index contributed by atoms with van der Waals surface area (Å²) in [7, 11) is -1.45. The molecule has 2 unspecified atom stereocenters. The molecule has 8 nitrogen and oxygen atoms in total. The van der Waals surface area contributed by atoms with Crippen LogP contribution in [0.25, 0.3) is 0 Å². The van der Waals surface area contributed by atoms with E-state index in [1.54, 1.807) is 13.2 Å². The van der Waals surface area contributed by atoms with Gasteiger partial charge in [-0.05, 0) is 25.2 Å². The van der Waals surface area contributed by atoms with Crippen LogP contribution in [-0.4, -0.2) is 79.7 Å². The number of halogens is 1. The maximum atomic E-state index is 12.5. The Morgan fingerprint density at radius 3 is 2.68 bits per heavy atom. The summed E-state index contributed by atoms with van der Waals surface area (Å²) < 4.78 is 31.7. The highest BCUT2D eigenvalue weighted by Crippen LogP contribution is 2.30. The van der Waals surface area contributed by atoms with E-state index in [9.17, 15) is 8.42 Å². The average molecular weight is 525 g/mol. The van der Waals surface area contributed by atoms with E-state index in [1.807, 2.05) is 12.5 Å². The summed E-state index contributed by atoms with van der Waals surface area (Å²) in [6.45, 7) is 5.32. The molecular formula is C18H32IN5O3S. The molecule has 2 atom stereocenters. The summed E-state index contributed by atoms with van der Waals surface area (Å²) in [5.41, 5.74) is 0. The zero-order valence-electron chi connectivity index (χ0n) is 16.9. The summed E-state index contributed by atoms with van der Waals surface area (Å²) >= 11 is 0. The highest BCUT2D eigenvalue weighted by atomic mass is 127. The lowest BCUT2D eigenvalue weighted by atomic mass is 9.93. The van der Waals surface area contributed by atoms with Crippen LogP contribution in [0.15, 0.2) is 23.7 Å². The van der Waals surface area contributed by atoms with Crippen molar-refractivity contribution in [3.8, 4) is 0 Å². The lowest BCUT2D eigenvalue weighted by Gasteiger charge is -2.41. The summed E-state index contributed by atoms with van der Waals surface area (Å²) in [4.78, 5) is 10.8. The molecule has 0 aliphatic carbocycles. The Morgan fingerprint density at radius 1 is 1.39 bits per heavy atom. The summed E-state index contributed by atoms with van der Waals surface area (Å²) in [5, 5.41) is 3.35. The van der Waals surface area contributed by atoms with Crippen LogP contribution in [0.1, 0.15) is 32.2 Å². The summed E-state index contributed by atoms with van der Waals surface area (Å²) in [6, 6.07) is 0.326. The molecule has 2 aliphatic rings. The van der Waals surface area contributed by atoms with E-state index in [0.29, 0.717) is 44.6 Å². The Bertz CT molecular complexity index is 747. The number of aromatic nitrogens is 2. The number of rotatable bonds is 4. The van der Waals surface area contributed by atoms with Crippen molar-refractivity contribution >= 4 is 39.8 Å². The fourth-order valence-electron chi connectivity index (χ4n) is 4.09. The molecule has 1 aromatic rings. The second-order valence-electron chi connectivity index (χ2n) is 7.76. The molecule has 1 aromatic heterocycles. The van der Waals surface area contributed by atoms with Gasteiger partial charge in [-0.3, -0.25) is 4.99 Å². The van der Waals surface area contributed by atoms with Gasteiger partial charge in [0.2, 0.25) is 0 Å². The molecule has 0 aromatic carbocycles. The maximum absolute atomic E-state index is 12.5. The second kappa shape index (κ2) is 9.75. The first-order valence-corrected chi connectivity index (χ1v) is 11.5. The quantitative estimate of drug-likeness (QED) is 0.365.